The second kappa shape index (κ2) is 16.4. The quantitative estimate of drug-likeness (QED) is 0.122. The molecule has 244 valence electrons. The van der Waals surface area contributed by atoms with Crippen molar-refractivity contribution in [1.82, 2.24) is 20.9 Å². The van der Waals surface area contributed by atoms with Crippen LogP contribution in [0.5, 0.6) is 0 Å². The van der Waals surface area contributed by atoms with Crippen molar-refractivity contribution in [2.24, 2.45) is 5.73 Å². The van der Waals surface area contributed by atoms with Crippen molar-refractivity contribution in [3.63, 3.8) is 0 Å². The van der Waals surface area contributed by atoms with Crippen LogP contribution in [0.3, 0.4) is 0 Å². The summed E-state index contributed by atoms with van der Waals surface area (Å²) in [4.78, 5) is 67.2. The molecule has 0 fully saturated rings. The molecular weight excluding hydrogens is 624 g/mol. The van der Waals surface area contributed by atoms with Gasteiger partial charge in [0.05, 0.1) is 0 Å². The molecule has 0 saturated heterocycles. The fourth-order valence-corrected chi connectivity index (χ4v) is 6.40. The van der Waals surface area contributed by atoms with E-state index in [4.69, 9.17) is 5.73 Å². The Morgan fingerprint density at radius 2 is 1.32 bits per heavy atom. The molecule has 4 amide bonds. The van der Waals surface area contributed by atoms with Crippen molar-refractivity contribution in [2.45, 2.75) is 37.1 Å². The lowest BCUT2D eigenvalue weighted by molar-refractivity contribution is -0.130. The first-order valence-corrected chi connectivity index (χ1v) is 16.7. The Morgan fingerprint density at radius 3 is 1.91 bits per heavy atom. The molecule has 6 N–H and O–H groups in total. The third-order valence-electron chi connectivity index (χ3n) is 7.30. The number of rotatable bonds is 15. The Hall–Kier alpha value is -5.19. The van der Waals surface area contributed by atoms with Crippen LogP contribution in [-0.4, -0.2) is 57.5 Å². The molecule has 1 aromatic heterocycles. The number of amides is 4. The molecule has 2 unspecified atom stereocenters. The zero-order valence-electron chi connectivity index (χ0n) is 25.3. The number of primary amides is 1. The minimum Gasteiger partial charge on any atom is -0.368 e. The van der Waals surface area contributed by atoms with Crippen molar-refractivity contribution < 1.29 is 33.0 Å². The number of halogens is 1. The van der Waals surface area contributed by atoms with E-state index in [1.165, 1.54) is 24.5 Å². The van der Waals surface area contributed by atoms with Gasteiger partial charge in [-0.1, -0.05) is 66.7 Å². The number of hydrogen-bond acceptors (Lipinski definition) is 6. The van der Waals surface area contributed by atoms with Crippen molar-refractivity contribution in [3.8, 4) is 0 Å². The highest BCUT2D eigenvalue weighted by Gasteiger charge is 2.36. The van der Waals surface area contributed by atoms with E-state index in [0.717, 1.165) is 17.7 Å². The Bertz CT molecular complexity index is 1730. The van der Waals surface area contributed by atoms with Gasteiger partial charge in [0.1, 0.15) is 29.8 Å². The van der Waals surface area contributed by atoms with Crippen molar-refractivity contribution >= 4 is 31.0 Å². The van der Waals surface area contributed by atoms with Gasteiger partial charge in [0.25, 0.3) is 5.91 Å². The Kier molecular flexibility index (Phi) is 12.1. The van der Waals surface area contributed by atoms with Crippen LogP contribution in [0.2, 0.25) is 0 Å². The molecule has 0 aliphatic heterocycles. The van der Waals surface area contributed by atoms with E-state index < -0.39 is 60.8 Å². The van der Waals surface area contributed by atoms with Gasteiger partial charge in [-0.25, -0.2) is 4.39 Å². The van der Waals surface area contributed by atoms with Gasteiger partial charge in [0.2, 0.25) is 25.1 Å². The van der Waals surface area contributed by atoms with Gasteiger partial charge in [-0.3, -0.25) is 28.7 Å². The highest BCUT2D eigenvalue weighted by molar-refractivity contribution is 7.59. The summed E-state index contributed by atoms with van der Waals surface area (Å²) in [5.41, 5.74) is 7.49. The zero-order valence-corrected chi connectivity index (χ0v) is 26.2. The second-order valence-corrected chi connectivity index (χ2v) is 13.4. The van der Waals surface area contributed by atoms with Crippen LogP contribution >= 0.6 is 7.37 Å². The molecular formula is C34H35FN5O6P. The summed E-state index contributed by atoms with van der Waals surface area (Å²) in [5.74, 6) is -5.35. The highest BCUT2D eigenvalue weighted by Crippen LogP contribution is 2.46. The number of nitrogens with zero attached hydrogens (tertiary/aromatic N) is 1. The van der Waals surface area contributed by atoms with E-state index >= 15 is 0 Å². The molecule has 0 saturated carbocycles. The first kappa shape index (κ1) is 34.7. The van der Waals surface area contributed by atoms with Crippen molar-refractivity contribution in [1.29, 1.82) is 0 Å². The number of carbonyl (C=O) groups excluding carboxylic acids is 4. The maximum Gasteiger partial charge on any atom is 0.252 e. The van der Waals surface area contributed by atoms with Crippen LogP contribution in [0.4, 0.5) is 4.39 Å². The number of nitrogens with two attached hydrogens (primary N) is 1. The van der Waals surface area contributed by atoms with E-state index in [9.17, 15) is 33.0 Å². The molecule has 0 bridgehead atoms. The molecule has 4 rings (SSSR count). The number of hydrogen-bond donors (Lipinski definition) is 5. The van der Waals surface area contributed by atoms with Crippen LogP contribution in [0.15, 0.2) is 109 Å². The van der Waals surface area contributed by atoms with Crippen LogP contribution in [0, 0.1) is 5.82 Å². The van der Waals surface area contributed by atoms with Gasteiger partial charge in [-0.05, 0) is 47.0 Å². The van der Waals surface area contributed by atoms with Gasteiger partial charge in [0, 0.05) is 37.2 Å². The van der Waals surface area contributed by atoms with Crippen molar-refractivity contribution in [3.05, 3.63) is 138 Å². The van der Waals surface area contributed by atoms with Crippen LogP contribution < -0.4 is 21.7 Å². The minimum absolute atomic E-state index is 0.0314. The number of aromatic nitrogens is 1. The first-order chi connectivity index (χ1) is 22.5. The van der Waals surface area contributed by atoms with Gasteiger partial charge >= 0.3 is 0 Å². The lowest BCUT2D eigenvalue weighted by Gasteiger charge is -2.26. The Balaban J connectivity index is 1.53. The maximum absolute atomic E-state index is 13.8. The monoisotopic (exact) mass is 659 g/mol. The highest BCUT2D eigenvalue weighted by atomic mass is 31.2. The smallest absolute Gasteiger partial charge is 0.252 e. The molecule has 0 spiro atoms. The predicted octanol–water partition coefficient (Wildman–Crippen LogP) is 2.73. The number of benzene rings is 3. The van der Waals surface area contributed by atoms with Crippen LogP contribution in [0.1, 0.15) is 27.0 Å². The van der Waals surface area contributed by atoms with Gasteiger partial charge in [-0.15, -0.1) is 0 Å². The summed E-state index contributed by atoms with van der Waals surface area (Å²) >= 11 is 0. The third kappa shape index (κ3) is 10.7. The molecule has 4 atom stereocenters. The molecule has 47 heavy (non-hydrogen) atoms. The molecule has 4 aromatic rings. The van der Waals surface area contributed by atoms with Gasteiger partial charge in [-0.2, -0.15) is 0 Å². The molecule has 0 aliphatic carbocycles. The van der Waals surface area contributed by atoms with E-state index in [0.29, 0.717) is 11.1 Å². The summed E-state index contributed by atoms with van der Waals surface area (Å²) in [6.45, 7) is 0. The fraction of sp³-hybridized carbons (Fsp3) is 0.206. The number of carbonyl (C=O) groups is 4. The topological polar surface area (TPSA) is 181 Å². The molecule has 11 nitrogen and oxygen atoms in total. The average molecular weight is 660 g/mol. The first-order valence-electron chi connectivity index (χ1n) is 14.7. The van der Waals surface area contributed by atoms with E-state index in [1.807, 2.05) is 0 Å². The third-order valence-corrected chi connectivity index (χ3v) is 9.32. The Morgan fingerprint density at radius 1 is 0.745 bits per heavy atom. The normalized spacial score (nSPS) is 14.1. The number of nitrogens with one attached hydrogen (secondary N) is 3. The van der Waals surface area contributed by atoms with Crippen LogP contribution in [-0.2, 0) is 38.2 Å². The minimum atomic E-state index is -4.52. The largest absolute Gasteiger partial charge is 0.368 e. The van der Waals surface area contributed by atoms with E-state index in [2.05, 4.69) is 20.9 Å². The Labute approximate surface area is 271 Å². The molecule has 0 aliphatic rings. The SMILES string of the molecule is NC(=O)[C@H](Cc1ccccc1)NC(=O)[C@H](Cc1ccncc1)NC(=O)CP(=O)(O)C(Cc1ccccc1)NC(=O)c1cccc(F)c1. The maximum atomic E-state index is 13.8. The van der Waals surface area contributed by atoms with Crippen LogP contribution in [0.25, 0.3) is 0 Å². The lowest BCUT2D eigenvalue weighted by Crippen LogP contribution is -2.54. The fourth-order valence-electron chi connectivity index (χ4n) is 4.86. The molecule has 13 heteroatoms. The van der Waals surface area contributed by atoms with E-state index in [1.54, 1.807) is 72.8 Å². The summed E-state index contributed by atoms with van der Waals surface area (Å²) in [6, 6.07) is 23.2. The molecule has 1 heterocycles. The summed E-state index contributed by atoms with van der Waals surface area (Å²) in [6.07, 6.45) is 2.03. The molecule has 3 aromatic carbocycles. The summed E-state index contributed by atoms with van der Waals surface area (Å²) in [5, 5.41) is 7.61. The summed E-state index contributed by atoms with van der Waals surface area (Å²) < 4.78 is 27.6. The zero-order chi connectivity index (χ0) is 33.8. The second-order valence-electron chi connectivity index (χ2n) is 10.9. The van der Waals surface area contributed by atoms with Gasteiger partial charge in [0.15, 0.2) is 0 Å². The number of pyridine rings is 1. The van der Waals surface area contributed by atoms with Gasteiger partial charge < -0.3 is 26.6 Å². The lowest BCUT2D eigenvalue weighted by atomic mass is 10.0. The van der Waals surface area contributed by atoms with Crippen molar-refractivity contribution in [2.75, 3.05) is 6.16 Å². The van der Waals surface area contributed by atoms with E-state index in [-0.39, 0.29) is 24.8 Å². The standard InChI is InChI=1S/C34H35FN5O6P/c35-27-13-7-12-26(21-27)33(43)40-31(20-24-10-5-2-6-11-24)47(45,46)22-30(41)38-29(19-25-14-16-37-17-15-25)34(44)39-28(32(36)42)18-23-8-3-1-4-9-23/h1-17,21,28-29,31H,18-20,22H2,(H2,36,42)(H,38,41)(H,39,44)(H,40,43)(H,45,46)/t28-,29-,31?/m0/s1. The average Bonchev–Trinajstić information content (AvgIpc) is 3.05. The predicted molar refractivity (Wildman–Crippen MR) is 174 cm³/mol. The summed E-state index contributed by atoms with van der Waals surface area (Å²) in [7, 11) is -4.52. The molecule has 0 radical (unpaired) electrons.